The maximum Gasteiger partial charge on any atom is 0.273 e. The highest BCUT2D eigenvalue weighted by Crippen LogP contribution is 2.17. The van der Waals surface area contributed by atoms with Gasteiger partial charge < -0.3 is 10.1 Å². The van der Waals surface area contributed by atoms with Crippen molar-refractivity contribution in [2.45, 2.75) is 20.0 Å². The first-order valence-electron chi connectivity index (χ1n) is 5.72. The number of rotatable bonds is 4. The Morgan fingerprint density at radius 3 is 2.56 bits per heavy atom. The number of carbonyl (C=O) groups is 1. The van der Waals surface area contributed by atoms with E-state index in [0.717, 1.165) is 5.75 Å². The minimum absolute atomic E-state index is 0.135. The summed E-state index contributed by atoms with van der Waals surface area (Å²) in [6.07, 6.45) is 1.67. The van der Waals surface area contributed by atoms with Crippen LogP contribution >= 0.6 is 0 Å². The van der Waals surface area contributed by atoms with Crippen molar-refractivity contribution in [3.8, 4) is 5.75 Å². The number of nitrogens with one attached hydrogen (secondary N) is 2. The lowest BCUT2D eigenvalue weighted by molar-refractivity contribution is 0.102. The highest BCUT2D eigenvalue weighted by molar-refractivity contribution is 6.02. The number of ether oxygens (including phenoxy) is 1. The molecule has 0 atom stereocenters. The first-order valence-corrected chi connectivity index (χ1v) is 5.72. The molecule has 0 saturated heterocycles. The van der Waals surface area contributed by atoms with Crippen LogP contribution in [0.4, 0.5) is 5.69 Å². The number of aromatic amines is 1. The zero-order valence-corrected chi connectivity index (χ0v) is 10.3. The molecule has 5 nitrogen and oxygen atoms in total. The van der Waals surface area contributed by atoms with Crippen molar-refractivity contribution in [3.05, 3.63) is 42.2 Å². The van der Waals surface area contributed by atoms with Crippen LogP contribution in [0, 0.1) is 0 Å². The summed E-state index contributed by atoms with van der Waals surface area (Å²) in [6.45, 7) is 3.93. The number of hydrogen-bond acceptors (Lipinski definition) is 3. The summed E-state index contributed by atoms with van der Waals surface area (Å²) in [4.78, 5) is 11.7. The Balaban J connectivity index is 2.00. The van der Waals surface area contributed by atoms with Gasteiger partial charge in [-0.2, -0.15) is 5.10 Å². The summed E-state index contributed by atoms with van der Waals surface area (Å²) in [5, 5.41) is 9.09. The molecule has 1 amide bonds. The molecule has 0 aliphatic carbocycles. The molecule has 18 heavy (non-hydrogen) atoms. The molecule has 0 aliphatic rings. The van der Waals surface area contributed by atoms with Crippen molar-refractivity contribution in [3.63, 3.8) is 0 Å². The Morgan fingerprint density at radius 1 is 1.28 bits per heavy atom. The molecule has 0 spiro atoms. The number of carbonyl (C=O) groups excluding carboxylic acids is 1. The van der Waals surface area contributed by atoms with Gasteiger partial charge in [-0.15, -0.1) is 0 Å². The minimum Gasteiger partial charge on any atom is -0.491 e. The van der Waals surface area contributed by atoms with E-state index in [4.69, 9.17) is 4.74 Å². The number of amides is 1. The van der Waals surface area contributed by atoms with E-state index in [0.29, 0.717) is 11.4 Å². The van der Waals surface area contributed by atoms with Crippen molar-refractivity contribution in [2.75, 3.05) is 5.32 Å². The van der Waals surface area contributed by atoms with Gasteiger partial charge in [0.15, 0.2) is 0 Å². The number of hydrogen-bond donors (Lipinski definition) is 2. The first kappa shape index (κ1) is 12.2. The number of anilines is 1. The monoisotopic (exact) mass is 245 g/mol. The SMILES string of the molecule is CC(C)Oc1ccc(NC(=O)c2ccn[nH]2)cc1. The molecule has 2 rings (SSSR count). The van der Waals surface area contributed by atoms with Gasteiger partial charge in [0.25, 0.3) is 5.91 Å². The fraction of sp³-hybridized carbons (Fsp3) is 0.231. The molecule has 1 aromatic heterocycles. The molecule has 0 aliphatic heterocycles. The molecule has 0 bridgehead atoms. The van der Waals surface area contributed by atoms with Crippen LogP contribution in [-0.2, 0) is 0 Å². The van der Waals surface area contributed by atoms with Gasteiger partial charge in [0.1, 0.15) is 11.4 Å². The van der Waals surface area contributed by atoms with E-state index in [1.807, 2.05) is 26.0 Å². The summed E-state index contributed by atoms with van der Waals surface area (Å²) >= 11 is 0. The highest BCUT2D eigenvalue weighted by atomic mass is 16.5. The zero-order chi connectivity index (χ0) is 13.0. The predicted molar refractivity (Wildman–Crippen MR) is 68.7 cm³/mol. The Morgan fingerprint density at radius 2 is 2.00 bits per heavy atom. The average molecular weight is 245 g/mol. The fourth-order valence-corrected chi connectivity index (χ4v) is 1.47. The van der Waals surface area contributed by atoms with Crippen LogP contribution in [0.5, 0.6) is 5.75 Å². The third kappa shape index (κ3) is 3.10. The van der Waals surface area contributed by atoms with Crippen molar-refractivity contribution in [1.82, 2.24) is 10.2 Å². The van der Waals surface area contributed by atoms with Crippen LogP contribution in [0.1, 0.15) is 24.3 Å². The van der Waals surface area contributed by atoms with E-state index in [2.05, 4.69) is 15.5 Å². The zero-order valence-electron chi connectivity index (χ0n) is 10.3. The third-order valence-electron chi connectivity index (χ3n) is 2.23. The van der Waals surface area contributed by atoms with Crippen LogP contribution in [0.3, 0.4) is 0 Å². The quantitative estimate of drug-likeness (QED) is 0.869. The summed E-state index contributed by atoms with van der Waals surface area (Å²) in [6, 6.07) is 8.86. The molecular weight excluding hydrogens is 230 g/mol. The molecule has 0 unspecified atom stereocenters. The van der Waals surface area contributed by atoms with Gasteiger partial charge in [0.05, 0.1) is 6.10 Å². The molecule has 2 aromatic rings. The van der Waals surface area contributed by atoms with E-state index in [1.165, 1.54) is 6.20 Å². The number of H-pyrrole nitrogens is 1. The Hall–Kier alpha value is -2.30. The number of nitrogens with zero attached hydrogens (tertiary/aromatic N) is 1. The second-order valence-corrected chi connectivity index (χ2v) is 4.12. The van der Waals surface area contributed by atoms with E-state index >= 15 is 0 Å². The molecule has 0 fully saturated rings. The van der Waals surface area contributed by atoms with Gasteiger partial charge in [-0.1, -0.05) is 0 Å². The van der Waals surface area contributed by atoms with Crippen molar-refractivity contribution in [2.24, 2.45) is 0 Å². The Labute approximate surface area is 105 Å². The minimum atomic E-state index is -0.218. The van der Waals surface area contributed by atoms with Crippen LogP contribution in [0.15, 0.2) is 36.5 Å². The van der Waals surface area contributed by atoms with Crippen molar-refractivity contribution >= 4 is 11.6 Å². The van der Waals surface area contributed by atoms with Gasteiger partial charge in [0, 0.05) is 11.9 Å². The molecule has 2 N–H and O–H groups in total. The van der Waals surface area contributed by atoms with Crippen molar-refractivity contribution in [1.29, 1.82) is 0 Å². The maximum atomic E-state index is 11.7. The van der Waals surface area contributed by atoms with E-state index in [-0.39, 0.29) is 12.0 Å². The number of benzene rings is 1. The van der Waals surface area contributed by atoms with Crippen LogP contribution in [-0.4, -0.2) is 22.2 Å². The van der Waals surface area contributed by atoms with E-state index < -0.39 is 0 Å². The average Bonchev–Trinajstić information content (AvgIpc) is 2.84. The normalized spacial score (nSPS) is 10.4. The Bertz CT molecular complexity index is 504. The lowest BCUT2D eigenvalue weighted by Gasteiger charge is -2.10. The summed E-state index contributed by atoms with van der Waals surface area (Å²) in [5.74, 6) is 0.564. The van der Waals surface area contributed by atoms with E-state index in [9.17, 15) is 4.79 Å². The molecule has 1 aromatic carbocycles. The molecule has 5 heteroatoms. The van der Waals surface area contributed by atoms with Gasteiger partial charge in [0.2, 0.25) is 0 Å². The molecule has 0 saturated carbocycles. The maximum absolute atomic E-state index is 11.7. The molecule has 94 valence electrons. The fourth-order valence-electron chi connectivity index (χ4n) is 1.47. The second-order valence-electron chi connectivity index (χ2n) is 4.12. The molecule has 0 radical (unpaired) electrons. The molecular formula is C13H15N3O2. The second kappa shape index (κ2) is 5.35. The van der Waals surface area contributed by atoms with Gasteiger partial charge >= 0.3 is 0 Å². The molecule has 1 heterocycles. The summed E-state index contributed by atoms with van der Waals surface area (Å²) in [7, 11) is 0. The summed E-state index contributed by atoms with van der Waals surface area (Å²) < 4.78 is 5.52. The largest absolute Gasteiger partial charge is 0.491 e. The van der Waals surface area contributed by atoms with E-state index in [1.54, 1.807) is 18.2 Å². The Kier molecular flexibility index (Phi) is 3.62. The smallest absolute Gasteiger partial charge is 0.273 e. The van der Waals surface area contributed by atoms with Gasteiger partial charge in [-0.3, -0.25) is 9.89 Å². The lowest BCUT2D eigenvalue weighted by atomic mass is 10.3. The first-order chi connectivity index (χ1) is 8.65. The topological polar surface area (TPSA) is 67.0 Å². The van der Waals surface area contributed by atoms with Crippen LogP contribution in [0.25, 0.3) is 0 Å². The third-order valence-corrected chi connectivity index (χ3v) is 2.23. The van der Waals surface area contributed by atoms with Crippen LogP contribution < -0.4 is 10.1 Å². The van der Waals surface area contributed by atoms with Gasteiger partial charge in [-0.25, -0.2) is 0 Å². The summed E-state index contributed by atoms with van der Waals surface area (Å²) in [5.41, 5.74) is 1.14. The van der Waals surface area contributed by atoms with Crippen LogP contribution in [0.2, 0.25) is 0 Å². The lowest BCUT2D eigenvalue weighted by Crippen LogP contribution is -2.12. The predicted octanol–water partition coefficient (Wildman–Crippen LogP) is 2.45. The standard InChI is InChI=1S/C13H15N3O2/c1-9(2)18-11-5-3-10(4-6-11)15-13(17)12-7-8-14-16-12/h3-9H,1-2H3,(H,14,16)(H,15,17). The highest BCUT2D eigenvalue weighted by Gasteiger charge is 2.06. The van der Waals surface area contributed by atoms with Crippen molar-refractivity contribution < 1.29 is 9.53 Å². The number of aromatic nitrogens is 2. The van der Waals surface area contributed by atoms with Gasteiger partial charge in [-0.05, 0) is 44.2 Å².